The van der Waals surface area contributed by atoms with Crippen molar-refractivity contribution in [3.8, 4) is 0 Å². The third-order valence-electron chi connectivity index (χ3n) is 4.43. The number of ether oxygens (including phenoxy) is 1. The summed E-state index contributed by atoms with van der Waals surface area (Å²) in [5.41, 5.74) is 4.03. The molecule has 1 atom stereocenters. The summed E-state index contributed by atoms with van der Waals surface area (Å²) in [6, 6.07) is 6.13. The molecule has 0 spiro atoms. The Kier molecular flexibility index (Phi) is 3.84. The normalized spacial score (nSPS) is 21.3. The van der Waals surface area contributed by atoms with Crippen LogP contribution in [0.25, 0.3) is 11.0 Å². The summed E-state index contributed by atoms with van der Waals surface area (Å²) in [4.78, 5) is 0. The molecule has 23 heavy (non-hydrogen) atoms. The molecule has 0 bridgehead atoms. The first-order chi connectivity index (χ1) is 11.3. The van der Waals surface area contributed by atoms with E-state index in [0.717, 1.165) is 49.1 Å². The van der Waals surface area contributed by atoms with Crippen molar-refractivity contribution in [1.82, 2.24) is 23.8 Å². The van der Waals surface area contributed by atoms with Gasteiger partial charge >= 0.3 is 0 Å². The molecular weight excluding hydrogens is 310 g/mol. The average molecular weight is 329 g/mol. The Morgan fingerprint density at radius 1 is 1.39 bits per heavy atom. The van der Waals surface area contributed by atoms with E-state index in [9.17, 15) is 0 Å². The second-order valence-electron chi connectivity index (χ2n) is 6.00. The van der Waals surface area contributed by atoms with Crippen LogP contribution in [0.3, 0.4) is 0 Å². The Labute approximate surface area is 138 Å². The van der Waals surface area contributed by atoms with Crippen LogP contribution in [-0.2, 0) is 23.9 Å². The first-order valence-corrected chi connectivity index (χ1v) is 8.54. The molecule has 1 N–H and O–H groups in total. The third-order valence-corrected chi connectivity index (χ3v) is 4.97. The lowest BCUT2D eigenvalue weighted by molar-refractivity contribution is 0.000578. The molecule has 0 aliphatic carbocycles. The summed E-state index contributed by atoms with van der Waals surface area (Å²) < 4.78 is 16.6. The highest BCUT2D eigenvalue weighted by Crippen LogP contribution is 2.35. The lowest BCUT2D eigenvalue weighted by Gasteiger charge is -2.27. The van der Waals surface area contributed by atoms with Crippen LogP contribution in [0.2, 0.25) is 0 Å². The topological polar surface area (TPSA) is 64.9 Å². The molecule has 6 nitrogen and oxygen atoms in total. The van der Waals surface area contributed by atoms with Gasteiger partial charge in [0.2, 0.25) is 0 Å². The van der Waals surface area contributed by atoms with Crippen molar-refractivity contribution in [3.63, 3.8) is 0 Å². The molecule has 120 valence electrons. The zero-order valence-corrected chi connectivity index (χ0v) is 13.8. The minimum absolute atomic E-state index is 0.261. The quantitative estimate of drug-likeness (QED) is 0.777. The van der Waals surface area contributed by atoms with Crippen LogP contribution in [0.4, 0.5) is 0 Å². The van der Waals surface area contributed by atoms with Crippen LogP contribution in [0.1, 0.15) is 24.0 Å². The van der Waals surface area contributed by atoms with Crippen molar-refractivity contribution in [2.45, 2.75) is 25.0 Å². The van der Waals surface area contributed by atoms with E-state index in [0.29, 0.717) is 0 Å². The van der Waals surface area contributed by atoms with E-state index in [1.807, 2.05) is 30.1 Å². The highest BCUT2D eigenvalue weighted by Gasteiger charge is 2.37. The molecular formula is C16H19N5OS. The van der Waals surface area contributed by atoms with Gasteiger partial charge in [0.1, 0.15) is 16.6 Å². The number of aryl methyl sites for hydroxylation is 1. The lowest BCUT2D eigenvalue weighted by Crippen LogP contribution is -2.37. The highest BCUT2D eigenvalue weighted by atomic mass is 32.1. The fourth-order valence-electron chi connectivity index (χ4n) is 3.23. The van der Waals surface area contributed by atoms with Gasteiger partial charge in [-0.2, -0.15) is 13.8 Å². The Bertz CT molecular complexity index is 806. The fraction of sp³-hybridized carbons (Fsp3) is 0.438. The minimum Gasteiger partial charge on any atom is -0.369 e. The smallest absolute Gasteiger partial charge is 0.109 e. The van der Waals surface area contributed by atoms with Crippen molar-refractivity contribution in [2.75, 3.05) is 13.2 Å². The number of hydrogen-bond acceptors (Lipinski definition) is 6. The zero-order valence-electron chi connectivity index (χ0n) is 13.0. The maximum absolute atomic E-state index is 6.11. The van der Waals surface area contributed by atoms with Crippen LogP contribution < -0.4 is 5.32 Å². The first-order valence-electron chi connectivity index (χ1n) is 7.81. The fourth-order valence-corrected chi connectivity index (χ4v) is 3.80. The first kappa shape index (κ1) is 14.7. The molecule has 0 radical (unpaired) electrons. The largest absolute Gasteiger partial charge is 0.369 e. The molecule has 1 aliphatic heterocycles. The number of fused-ring (bicyclic) bond motifs is 1. The van der Waals surface area contributed by atoms with E-state index in [1.54, 1.807) is 0 Å². The Hall–Kier alpha value is -1.83. The van der Waals surface area contributed by atoms with E-state index >= 15 is 0 Å². The molecule has 1 aliphatic rings. The maximum atomic E-state index is 6.11. The highest BCUT2D eigenvalue weighted by molar-refractivity contribution is 7.00. The van der Waals surface area contributed by atoms with Crippen molar-refractivity contribution in [1.29, 1.82) is 0 Å². The molecule has 2 aromatic heterocycles. The van der Waals surface area contributed by atoms with Crippen LogP contribution in [0.5, 0.6) is 0 Å². The van der Waals surface area contributed by atoms with Gasteiger partial charge in [-0.15, -0.1) is 0 Å². The molecule has 4 rings (SSSR count). The molecule has 1 saturated heterocycles. The van der Waals surface area contributed by atoms with Gasteiger partial charge in [-0.05, 0) is 24.5 Å². The van der Waals surface area contributed by atoms with Gasteiger partial charge in [-0.3, -0.25) is 4.68 Å². The van der Waals surface area contributed by atoms with Crippen molar-refractivity contribution in [3.05, 3.63) is 41.7 Å². The van der Waals surface area contributed by atoms with E-state index in [2.05, 4.69) is 31.4 Å². The summed E-state index contributed by atoms with van der Waals surface area (Å²) in [6.45, 7) is 2.34. The monoisotopic (exact) mass is 329 g/mol. The Balaban J connectivity index is 1.50. The number of nitrogens with one attached hydrogen (secondary N) is 1. The summed E-state index contributed by atoms with van der Waals surface area (Å²) in [5, 5.41) is 7.85. The predicted octanol–water partition coefficient (Wildman–Crippen LogP) is 2.22. The second kappa shape index (κ2) is 5.99. The molecule has 0 amide bonds. The molecule has 1 fully saturated rings. The number of rotatable bonds is 5. The van der Waals surface area contributed by atoms with Gasteiger partial charge in [0.05, 0.1) is 17.9 Å². The predicted molar refractivity (Wildman–Crippen MR) is 89.2 cm³/mol. The van der Waals surface area contributed by atoms with E-state index in [4.69, 9.17) is 4.74 Å². The van der Waals surface area contributed by atoms with Crippen molar-refractivity contribution < 1.29 is 4.74 Å². The molecule has 7 heteroatoms. The van der Waals surface area contributed by atoms with Gasteiger partial charge in [0.15, 0.2) is 0 Å². The zero-order chi connectivity index (χ0) is 15.7. The molecule has 0 saturated carbocycles. The van der Waals surface area contributed by atoms with Crippen molar-refractivity contribution >= 4 is 22.8 Å². The maximum Gasteiger partial charge on any atom is 0.109 e. The number of benzene rings is 1. The minimum atomic E-state index is -0.261. The average Bonchev–Trinajstić information content (AvgIpc) is 3.27. The lowest BCUT2D eigenvalue weighted by atomic mass is 9.93. The summed E-state index contributed by atoms with van der Waals surface area (Å²) in [5.74, 6) is 0. The van der Waals surface area contributed by atoms with E-state index in [1.165, 1.54) is 17.3 Å². The van der Waals surface area contributed by atoms with Crippen molar-refractivity contribution in [2.24, 2.45) is 7.05 Å². The third kappa shape index (κ3) is 2.75. The number of nitrogens with zero attached hydrogens (tertiary/aromatic N) is 4. The van der Waals surface area contributed by atoms with Gasteiger partial charge < -0.3 is 10.1 Å². The number of hydrogen-bond donors (Lipinski definition) is 1. The molecule has 1 unspecified atom stereocenters. The van der Waals surface area contributed by atoms with Gasteiger partial charge in [0.25, 0.3) is 0 Å². The Morgan fingerprint density at radius 2 is 2.35 bits per heavy atom. The van der Waals surface area contributed by atoms with E-state index < -0.39 is 0 Å². The molecule has 3 aromatic rings. The number of aromatic nitrogens is 4. The van der Waals surface area contributed by atoms with Gasteiger partial charge in [-0.25, -0.2) is 0 Å². The summed E-state index contributed by atoms with van der Waals surface area (Å²) in [7, 11) is 1.94. The van der Waals surface area contributed by atoms with Gasteiger partial charge in [-0.1, -0.05) is 12.1 Å². The van der Waals surface area contributed by atoms with Crippen LogP contribution in [0.15, 0.2) is 30.6 Å². The van der Waals surface area contributed by atoms with Crippen LogP contribution in [-0.4, -0.2) is 31.7 Å². The second-order valence-corrected chi connectivity index (χ2v) is 6.53. The molecule has 3 heterocycles. The SMILES string of the molecule is Cn1cc(C2(CNCc3cccc4nsnc34)CCCO2)cn1. The summed E-state index contributed by atoms with van der Waals surface area (Å²) >= 11 is 1.26. The standard InChI is InChI=1S/C16H19N5OS/c1-21-10-13(9-18-21)16(6-3-7-22-16)11-17-8-12-4-2-5-14-15(12)20-23-19-14/h2,4-5,9-10,17H,3,6-8,11H2,1H3. The molecule has 1 aromatic carbocycles. The van der Waals surface area contributed by atoms with E-state index in [-0.39, 0.29) is 5.60 Å². The van der Waals surface area contributed by atoms with Gasteiger partial charge in [0, 0.05) is 38.5 Å². The van der Waals surface area contributed by atoms with Crippen LogP contribution in [0, 0.1) is 0 Å². The summed E-state index contributed by atoms with van der Waals surface area (Å²) in [6.07, 6.45) is 6.08. The van der Waals surface area contributed by atoms with Crippen LogP contribution >= 0.6 is 11.7 Å². The Morgan fingerprint density at radius 3 is 3.13 bits per heavy atom.